The highest BCUT2D eigenvalue weighted by Crippen LogP contribution is 2.34. The highest BCUT2D eigenvalue weighted by Gasteiger charge is 2.35. The lowest BCUT2D eigenvalue weighted by molar-refractivity contribution is -0.152. The van der Waals surface area contributed by atoms with Gasteiger partial charge in [0.25, 0.3) is 0 Å². The monoisotopic (exact) mass is 256 g/mol. The molecule has 0 saturated heterocycles. The summed E-state index contributed by atoms with van der Waals surface area (Å²) in [5, 5.41) is 10.5. The summed E-state index contributed by atoms with van der Waals surface area (Å²) in [7, 11) is 1.41. The van der Waals surface area contributed by atoms with Crippen LogP contribution in [0.1, 0.15) is 58.8 Å². The number of aliphatic hydroxyl groups is 1. The van der Waals surface area contributed by atoms with E-state index in [2.05, 4.69) is 13.8 Å². The molecule has 1 N–H and O–H groups in total. The highest BCUT2D eigenvalue weighted by molar-refractivity contribution is 5.72. The van der Waals surface area contributed by atoms with Crippen LogP contribution in [-0.4, -0.2) is 24.3 Å². The third-order valence-corrected chi connectivity index (χ3v) is 4.24. The number of carbonyl (C=O) groups excluding carboxylic acids is 1. The molecular weight excluding hydrogens is 228 g/mol. The van der Waals surface area contributed by atoms with E-state index >= 15 is 0 Å². The van der Waals surface area contributed by atoms with Gasteiger partial charge in [-0.1, -0.05) is 39.5 Å². The van der Waals surface area contributed by atoms with Crippen LogP contribution in [0.25, 0.3) is 0 Å². The van der Waals surface area contributed by atoms with Crippen LogP contribution in [0.3, 0.4) is 0 Å². The van der Waals surface area contributed by atoms with Gasteiger partial charge >= 0.3 is 5.97 Å². The number of hydrogen-bond acceptors (Lipinski definition) is 3. The molecule has 3 heteroatoms. The van der Waals surface area contributed by atoms with Crippen molar-refractivity contribution in [1.82, 2.24) is 0 Å². The topological polar surface area (TPSA) is 46.5 Å². The molecule has 0 radical (unpaired) electrons. The van der Waals surface area contributed by atoms with Crippen molar-refractivity contribution < 1.29 is 14.6 Å². The summed E-state index contributed by atoms with van der Waals surface area (Å²) in [4.78, 5) is 11.8. The van der Waals surface area contributed by atoms with Crippen LogP contribution in [0.4, 0.5) is 0 Å². The van der Waals surface area contributed by atoms with E-state index in [9.17, 15) is 9.90 Å². The predicted octanol–water partition coefficient (Wildman–Crippen LogP) is 3.15. The van der Waals surface area contributed by atoms with Crippen molar-refractivity contribution in [3.05, 3.63) is 0 Å². The highest BCUT2D eigenvalue weighted by atomic mass is 16.5. The second-order valence-corrected chi connectivity index (χ2v) is 5.79. The van der Waals surface area contributed by atoms with Gasteiger partial charge in [0.05, 0.1) is 19.1 Å². The Morgan fingerprint density at radius 3 is 2.72 bits per heavy atom. The third-order valence-electron chi connectivity index (χ3n) is 4.24. The molecule has 0 heterocycles. The van der Waals surface area contributed by atoms with Gasteiger partial charge in [0, 0.05) is 0 Å². The normalized spacial score (nSPS) is 27.6. The Morgan fingerprint density at radius 1 is 1.44 bits per heavy atom. The Morgan fingerprint density at radius 2 is 2.17 bits per heavy atom. The fourth-order valence-corrected chi connectivity index (χ4v) is 3.12. The maximum absolute atomic E-state index is 11.8. The molecule has 1 aliphatic carbocycles. The van der Waals surface area contributed by atoms with Crippen LogP contribution in [0.15, 0.2) is 0 Å². The standard InChI is InChI=1S/C15H28O3/c1-4-5-9-13(15(17)18-3)14(16)12-8-6-7-11(2)10-12/h11-14,16H,4-10H2,1-3H3. The van der Waals surface area contributed by atoms with E-state index in [1.807, 2.05) is 0 Å². The molecule has 4 unspecified atom stereocenters. The number of aliphatic hydroxyl groups excluding tert-OH is 1. The molecule has 4 atom stereocenters. The number of ether oxygens (including phenoxy) is 1. The lowest BCUT2D eigenvalue weighted by atomic mass is 9.75. The van der Waals surface area contributed by atoms with Crippen LogP contribution < -0.4 is 0 Å². The molecule has 0 aliphatic heterocycles. The van der Waals surface area contributed by atoms with Crippen molar-refractivity contribution in [3.63, 3.8) is 0 Å². The molecule has 3 nitrogen and oxygen atoms in total. The largest absolute Gasteiger partial charge is 0.469 e. The molecule has 1 rings (SSSR count). The summed E-state index contributed by atoms with van der Waals surface area (Å²) < 4.78 is 4.85. The van der Waals surface area contributed by atoms with Gasteiger partial charge in [-0.25, -0.2) is 0 Å². The van der Waals surface area contributed by atoms with Crippen molar-refractivity contribution in [2.75, 3.05) is 7.11 Å². The van der Waals surface area contributed by atoms with E-state index in [4.69, 9.17) is 4.74 Å². The van der Waals surface area contributed by atoms with Gasteiger partial charge in [-0.2, -0.15) is 0 Å². The van der Waals surface area contributed by atoms with Gasteiger partial charge in [0.15, 0.2) is 0 Å². The van der Waals surface area contributed by atoms with Gasteiger partial charge in [-0.05, 0) is 31.1 Å². The van der Waals surface area contributed by atoms with E-state index in [1.165, 1.54) is 20.0 Å². The molecule has 1 saturated carbocycles. The van der Waals surface area contributed by atoms with E-state index in [0.29, 0.717) is 5.92 Å². The molecule has 0 aromatic carbocycles. The quantitative estimate of drug-likeness (QED) is 0.743. The first-order valence-corrected chi connectivity index (χ1v) is 7.36. The lowest BCUT2D eigenvalue weighted by Gasteiger charge is -2.33. The van der Waals surface area contributed by atoms with E-state index in [1.54, 1.807) is 0 Å². The second-order valence-electron chi connectivity index (χ2n) is 5.79. The van der Waals surface area contributed by atoms with Crippen molar-refractivity contribution in [2.24, 2.45) is 17.8 Å². The Balaban J connectivity index is 2.61. The molecule has 1 fully saturated rings. The Bertz CT molecular complexity index is 252. The van der Waals surface area contributed by atoms with Crippen molar-refractivity contribution in [2.45, 2.75) is 64.9 Å². The second kappa shape index (κ2) is 7.78. The molecule has 1 aliphatic rings. The maximum atomic E-state index is 11.8. The maximum Gasteiger partial charge on any atom is 0.311 e. The SMILES string of the molecule is CCCCC(C(=O)OC)C(O)C1CCCC(C)C1. The summed E-state index contributed by atoms with van der Waals surface area (Å²) in [6.45, 7) is 4.33. The summed E-state index contributed by atoms with van der Waals surface area (Å²) in [6, 6.07) is 0. The zero-order chi connectivity index (χ0) is 13.5. The number of esters is 1. The first kappa shape index (κ1) is 15.5. The van der Waals surface area contributed by atoms with Crippen molar-refractivity contribution >= 4 is 5.97 Å². The van der Waals surface area contributed by atoms with Crippen molar-refractivity contribution in [1.29, 1.82) is 0 Å². The fraction of sp³-hybridized carbons (Fsp3) is 0.933. The van der Waals surface area contributed by atoms with Crippen molar-refractivity contribution in [3.8, 4) is 0 Å². The minimum absolute atomic E-state index is 0.242. The molecule has 0 aromatic heterocycles. The van der Waals surface area contributed by atoms with Gasteiger partial charge < -0.3 is 9.84 Å². The Labute approximate surface area is 111 Å². The predicted molar refractivity (Wildman–Crippen MR) is 72.2 cm³/mol. The average Bonchev–Trinajstić information content (AvgIpc) is 2.38. The van der Waals surface area contributed by atoms with Crippen LogP contribution in [0, 0.1) is 17.8 Å². The molecule has 0 amide bonds. The van der Waals surface area contributed by atoms with Crippen LogP contribution >= 0.6 is 0 Å². The molecule has 0 spiro atoms. The smallest absolute Gasteiger partial charge is 0.311 e. The minimum atomic E-state index is -0.522. The van der Waals surface area contributed by atoms with Crippen LogP contribution in [-0.2, 0) is 9.53 Å². The zero-order valence-corrected chi connectivity index (χ0v) is 12.0. The third kappa shape index (κ3) is 4.27. The van der Waals surface area contributed by atoms with Crippen LogP contribution in [0.5, 0.6) is 0 Å². The molecule has 106 valence electrons. The van der Waals surface area contributed by atoms with Gasteiger partial charge in [-0.3, -0.25) is 4.79 Å². The fourth-order valence-electron chi connectivity index (χ4n) is 3.12. The molecular formula is C15H28O3. The van der Waals surface area contributed by atoms with E-state index in [0.717, 1.165) is 32.1 Å². The van der Waals surface area contributed by atoms with E-state index < -0.39 is 6.10 Å². The number of hydrogen-bond donors (Lipinski definition) is 1. The minimum Gasteiger partial charge on any atom is -0.469 e. The Kier molecular flexibility index (Phi) is 6.69. The first-order valence-electron chi connectivity index (χ1n) is 7.36. The first-order chi connectivity index (χ1) is 8.60. The van der Waals surface area contributed by atoms with Crippen LogP contribution in [0.2, 0.25) is 0 Å². The molecule has 18 heavy (non-hydrogen) atoms. The number of rotatable bonds is 6. The van der Waals surface area contributed by atoms with E-state index in [-0.39, 0.29) is 17.8 Å². The summed E-state index contributed by atoms with van der Waals surface area (Å²) in [5.74, 6) is 0.372. The summed E-state index contributed by atoms with van der Waals surface area (Å²) >= 11 is 0. The zero-order valence-electron chi connectivity index (χ0n) is 12.0. The number of carbonyl (C=O) groups is 1. The van der Waals surface area contributed by atoms with Gasteiger partial charge in [-0.15, -0.1) is 0 Å². The molecule has 0 aromatic rings. The average molecular weight is 256 g/mol. The Hall–Kier alpha value is -0.570. The van der Waals surface area contributed by atoms with Gasteiger partial charge in [0.1, 0.15) is 0 Å². The lowest BCUT2D eigenvalue weighted by Crippen LogP contribution is -2.37. The number of unbranched alkanes of at least 4 members (excludes halogenated alkanes) is 1. The summed E-state index contributed by atoms with van der Waals surface area (Å²) in [5.41, 5.74) is 0. The van der Waals surface area contributed by atoms with Gasteiger partial charge in [0.2, 0.25) is 0 Å². The number of methoxy groups -OCH3 is 1. The summed E-state index contributed by atoms with van der Waals surface area (Å²) in [6.07, 6.45) is 6.75. The molecule has 0 bridgehead atoms.